The zero-order valence-corrected chi connectivity index (χ0v) is 13.2. The van der Waals surface area contributed by atoms with Crippen LogP contribution in [0, 0.1) is 5.92 Å². The second-order valence-electron chi connectivity index (χ2n) is 4.82. The predicted octanol–water partition coefficient (Wildman–Crippen LogP) is 2.98. The van der Waals surface area contributed by atoms with Crippen molar-refractivity contribution in [2.45, 2.75) is 20.3 Å². The molecule has 0 aliphatic heterocycles. The highest BCUT2D eigenvalue weighted by Crippen LogP contribution is 2.23. The first-order chi connectivity index (χ1) is 9.35. The summed E-state index contributed by atoms with van der Waals surface area (Å²) in [6.45, 7) is 4.81. The summed E-state index contributed by atoms with van der Waals surface area (Å²) in [6, 6.07) is 1.48. The van der Waals surface area contributed by atoms with Crippen LogP contribution in [0.4, 0.5) is 0 Å². The molecule has 7 heteroatoms. The molecule has 0 atom stereocenters. The van der Waals surface area contributed by atoms with Gasteiger partial charge in [-0.2, -0.15) is 0 Å². The van der Waals surface area contributed by atoms with Gasteiger partial charge in [-0.1, -0.05) is 37.0 Å². The number of hydrogen-bond acceptors (Lipinski definition) is 3. The highest BCUT2D eigenvalue weighted by molar-refractivity contribution is 6.41. The first-order valence-electron chi connectivity index (χ1n) is 6.25. The molecule has 0 saturated heterocycles. The number of ether oxygens (including phenoxy) is 1. The SMILES string of the molecule is COC(=O)CCN(CC(C)C)C(=O)c1cc(Cl)c(Cl)[nH]1. The van der Waals surface area contributed by atoms with E-state index >= 15 is 0 Å². The number of hydrogen-bond donors (Lipinski definition) is 1. The van der Waals surface area contributed by atoms with E-state index in [2.05, 4.69) is 9.72 Å². The Hall–Kier alpha value is -1.20. The van der Waals surface area contributed by atoms with Crippen LogP contribution in [0.5, 0.6) is 0 Å². The molecule has 5 nitrogen and oxygen atoms in total. The molecule has 1 aromatic rings. The van der Waals surface area contributed by atoms with Crippen LogP contribution in [0.25, 0.3) is 0 Å². The van der Waals surface area contributed by atoms with E-state index in [1.807, 2.05) is 13.8 Å². The number of methoxy groups -OCH3 is 1. The van der Waals surface area contributed by atoms with Gasteiger partial charge in [0.05, 0.1) is 18.6 Å². The van der Waals surface area contributed by atoms with Crippen LogP contribution in [0.3, 0.4) is 0 Å². The number of nitrogens with one attached hydrogen (secondary N) is 1. The van der Waals surface area contributed by atoms with Crippen LogP contribution in [0.1, 0.15) is 30.8 Å². The summed E-state index contributed by atoms with van der Waals surface area (Å²) < 4.78 is 4.59. The maximum atomic E-state index is 12.4. The van der Waals surface area contributed by atoms with Crippen LogP contribution in [-0.2, 0) is 9.53 Å². The highest BCUT2D eigenvalue weighted by atomic mass is 35.5. The van der Waals surface area contributed by atoms with Crippen molar-refractivity contribution in [3.8, 4) is 0 Å². The van der Waals surface area contributed by atoms with E-state index in [4.69, 9.17) is 23.2 Å². The van der Waals surface area contributed by atoms with Crippen molar-refractivity contribution in [3.63, 3.8) is 0 Å². The van der Waals surface area contributed by atoms with Gasteiger partial charge in [-0.15, -0.1) is 0 Å². The summed E-state index contributed by atoms with van der Waals surface area (Å²) in [5.74, 6) is -0.317. The van der Waals surface area contributed by atoms with Crippen molar-refractivity contribution >= 4 is 35.1 Å². The van der Waals surface area contributed by atoms with Gasteiger partial charge in [0.2, 0.25) is 0 Å². The number of rotatable bonds is 6. The van der Waals surface area contributed by atoms with Gasteiger partial charge in [0.25, 0.3) is 5.91 Å². The van der Waals surface area contributed by atoms with E-state index in [1.165, 1.54) is 13.2 Å². The minimum absolute atomic E-state index is 0.150. The number of amides is 1. The lowest BCUT2D eigenvalue weighted by Crippen LogP contribution is -2.36. The lowest BCUT2D eigenvalue weighted by Gasteiger charge is -2.23. The minimum Gasteiger partial charge on any atom is -0.469 e. The number of nitrogens with zero attached hydrogens (tertiary/aromatic N) is 1. The molecule has 0 bridgehead atoms. The molecule has 1 rings (SSSR count). The van der Waals surface area contributed by atoms with Crippen molar-refractivity contribution in [2.75, 3.05) is 20.2 Å². The molecular weight excluding hydrogens is 303 g/mol. The van der Waals surface area contributed by atoms with Crippen molar-refractivity contribution in [2.24, 2.45) is 5.92 Å². The Morgan fingerprint density at radius 1 is 1.40 bits per heavy atom. The monoisotopic (exact) mass is 320 g/mol. The molecule has 0 aromatic carbocycles. The van der Waals surface area contributed by atoms with Crippen LogP contribution in [0.2, 0.25) is 10.2 Å². The summed E-state index contributed by atoms with van der Waals surface area (Å²) in [7, 11) is 1.32. The Morgan fingerprint density at radius 3 is 2.50 bits per heavy atom. The maximum absolute atomic E-state index is 12.4. The van der Waals surface area contributed by atoms with Crippen molar-refractivity contribution in [1.82, 2.24) is 9.88 Å². The molecule has 0 fully saturated rings. The van der Waals surface area contributed by atoms with Gasteiger partial charge >= 0.3 is 5.97 Å². The molecule has 1 amide bonds. The zero-order valence-electron chi connectivity index (χ0n) is 11.7. The third kappa shape index (κ3) is 4.72. The first-order valence-corrected chi connectivity index (χ1v) is 7.00. The van der Waals surface area contributed by atoms with Gasteiger partial charge in [-0.3, -0.25) is 9.59 Å². The van der Waals surface area contributed by atoms with Crippen LogP contribution >= 0.6 is 23.2 Å². The zero-order chi connectivity index (χ0) is 15.3. The summed E-state index contributed by atoms with van der Waals surface area (Å²) in [5, 5.41) is 0.528. The second-order valence-corrected chi connectivity index (χ2v) is 5.60. The Kier molecular flexibility index (Phi) is 6.36. The quantitative estimate of drug-likeness (QED) is 0.819. The Bertz CT molecular complexity index is 466. The predicted molar refractivity (Wildman–Crippen MR) is 78.2 cm³/mol. The van der Waals surface area contributed by atoms with Gasteiger partial charge in [-0.25, -0.2) is 0 Å². The lowest BCUT2D eigenvalue weighted by atomic mass is 10.2. The van der Waals surface area contributed by atoms with Gasteiger partial charge in [0, 0.05) is 13.1 Å². The third-order valence-corrected chi connectivity index (χ3v) is 3.33. The van der Waals surface area contributed by atoms with E-state index in [-0.39, 0.29) is 35.9 Å². The van der Waals surface area contributed by atoms with Gasteiger partial charge in [0.15, 0.2) is 0 Å². The fourth-order valence-electron chi connectivity index (χ4n) is 1.73. The van der Waals surface area contributed by atoms with Gasteiger partial charge in [0.1, 0.15) is 10.8 Å². The van der Waals surface area contributed by atoms with E-state index in [1.54, 1.807) is 4.90 Å². The van der Waals surface area contributed by atoms with E-state index < -0.39 is 0 Å². The molecule has 20 heavy (non-hydrogen) atoms. The number of carbonyl (C=O) groups excluding carboxylic acids is 2. The molecule has 0 unspecified atom stereocenters. The van der Waals surface area contributed by atoms with E-state index in [9.17, 15) is 9.59 Å². The molecule has 0 aliphatic rings. The summed E-state index contributed by atoms with van der Waals surface area (Å²) in [4.78, 5) is 27.9. The molecule has 0 radical (unpaired) electrons. The maximum Gasteiger partial charge on any atom is 0.307 e. The Morgan fingerprint density at radius 2 is 2.05 bits per heavy atom. The number of aromatic nitrogens is 1. The Balaban J connectivity index is 2.80. The molecule has 0 aliphatic carbocycles. The van der Waals surface area contributed by atoms with Gasteiger partial charge < -0.3 is 14.6 Å². The van der Waals surface area contributed by atoms with Crippen molar-refractivity contribution < 1.29 is 14.3 Å². The molecule has 0 saturated carbocycles. The molecular formula is C13H18Cl2N2O3. The average molecular weight is 321 g/mol. The fraction of sp³-hybridized carbons (Fsp3) is 0.538. The van der Waals surface area contributed by atoms with Crippen LogP contribution < -0.4 is 0 Å². The lowest BCUT2D eigenvalue weighted by molar-refractivity contribution is -0.140. The van der Waals surface area contributed by atoms with Crippen molar-refractivity contribution in [1.29, 1.82) is 0 Å². The van der Waals surface area contributed by atoms with Crippen LogP contribution in [-0.4, -0.2) is 42.0 Å². The standard InChI is InChI=1S/C13H18Cl2N2O3/c1-8(2)7-17(5-4-11(18)20-3)13(19)10-6-9(14)12(15)16-10/h6,8,16H,4-5,7H2,1-3H3. The van der Waals surface area contributed by atoms with E-state index in [0.29, 0.717) is 17.3 Å². The summed E-state index contributed by atoms with van der Waals surface area (Å²) >= 11 is 11.6. The summed E-state index contributed by atoms with van der Waals surface area (Å²) in [6.07, 6.45) is 0.150. The summed E-state index contributed by atoms with van der Waals surface area (Å²) in [5.41, 5.74) is 0.311. The number of halogens is 2. The second kappa shape index (κ2) is 7.55. The smallest absolute Gasteiger partial charge is 0.307 e. The molecule has 1 aromatic heterocycles. The number of esters is 1. The molecule has 0 spiro atoms. The minimum atomic E-state index is -0.353. The fourth-order valence-corrected chi connectivity index (χ4v) is 2.05. The topological polar surface area (TPSA) is 62.4 Å². The normalized spacial score (nSPS) is 10.7. The number of carbonyl (C=O) groups is 2. The van der Waals surface area contributed by atoms with Crippen molar-refractivity contribution in [3.05, 3.63) is 21.9 Å². The molecule has 1 N–H and O–H groups in total. The molecule has 1 heterocycles. The average Bonchev–Trinajstić information content (AvgIpc) is 2.73. The Labute approximate surface area is 128 Å². The first kappa shape index (κ1) is 16.9. The molecule has 112 valence electrons. The van der Waals surface area contributed by atoms with E-state index in [0.717, 1.165) is 0 Å². The number of H-pyrrole nitrogens is 1. The largest absolute Gasteiger partial charge is 0.469 e. The number of aromatic amines is 1. The third-order valence-electron chi connectivity index (χ3n) is 2.64. The van der Waals surface area contributed by atoms with Crippen LogP contribution in [0.15, 0.2) is 6.07 Å². The highest BCUT2D eigenvalue weighted by Gasteiger charge is 2.20. The van der Waals surface area contributed by atoms with Gasteiger partial charge in [-0.05, 0) is 12.0 Å².